The Morgan fingerprint density at radius 1 is 1.10 bits per heavy atom. The highest BCUT2D eigenvalue weighted by Gasteiger charge is 2.05. The van der Waals surface area contributed by atoms with Crippen LogP contribution in [0.4, 0.5) is 4.39 Å². The van der Waals surface area contributed by atoms with E-state index >= 15 is 0 Å². The Labute approximate surface area is 125 Å². The number of benzene rings is 1. The van der Waals surface area contributed by atoms with Gasteiger partial charge in [0.05, 0.1) is 5.69 Å². The van der Waals surface area contributed by atoms with Crippen molar-refractivity contribution < 1.29 is 4.39 Å². The molecule has 2 heterocycles. The van der Waals surface area contributed by atoms with Crippen LogP contribution in [-0.2, 0) is 6.42 Å². The van der Waals surface area contributed by atoms with Crippen molar-refractivity contribution in [3.63, 3.8) is 0 Å². The highest BCUT2D eigenvalue weighted by molar-refractivity contribution is 7.99. The van der Waals surface area contributed by atoms with Gasteiger partial charge in [-0.3, -0.25) is 0 Å². The molecule has 106 valence electrons. The molecule has 3 aromatic rings. The van der Waals surface area contributed by atoms with E-state index in [0.29, 0.717) is 5.69 Å². The average Bonchev–Trinajstić information content (AvgIpc) is 2.97. The van der Waals surface area contributed by atoms with Gasteiger partial charge in [0.2, 0.25) is 0 Å². The first-order chi connectivity index (χ1) is 10.2. The first kappa shape index (κ1) is 13.8. The fourth-order valence-corrected chi connectivity index (χ4v) is 2.52. The summed E-state index contributed by atoms with van der Waals surface area (Å²) in [6, 6.07) is 9.94. The van der Waals surface area contributed by atoms with Crippen LogP contribution in [0.25, 0.3) is 11.3 Å². The van der Waals surface area contributed by atoms with Crippen LogP contribution in [0.5, 0.6) is 0 Å². The lowest BCUT2D eigenvalue weighted by molar-refractivity contribution is 0.628. The van der Waals surface area contributed by atoms with Crippen LogP contribution in [0.1, 0.15) is 12.6 Å². The molecule has 0 amide bonds. The molecule has 4 nitrogen and oxygen atoms in total. The molecule has 21 heavy (non-hydrogen) atoms. The molecule has 0 fully saturated rings. The number of aromatic amines is 1. The normalized spacial score (nSPS) is 10.8. The Bertz CT molecular complexity index is 722. The number of hydrogen-bond acceptors (Lipinski definition) is 4. The number of halogens is 1. The van der Waals surface area contributed by atoms with E-state index in [2.05, 4.69) is 27.1 Å². The summed E-state index contributed by atoms with van der Waals surface area (Å²) in [4.78, 5) is 7.48. The van der Waals surface area contributed by atoms with Crippen molar-refractivity contribution in [1.29, 1.82) is 0 Å². The standard InChI is InChI=1S/C15H13FN4S/c1-2-12-9-17-15(18-12)21-14-8-7-13(19-20-14)10-3-5-11(16)6-4-10/h3-9H,2H2,1H3,(H,17,18). The van der Waals surface area contributed by atoms with E-state index in [9.17, 15) is 4.39 Å². The van der Waals surface area contributed by atoms with Crippen LogP contribution < -0.4 is 0 Å². The van der Waals surface area contributed by atoms with Gasteiger partial charge in [-0.1, -0.05) is 6.92 Å². The third kappa shape index (κ3) is 3.28. The van der Waals surface area contributed by atoms with Crippen LogP contribution in [0.2, 0.25) is 0 Å². The van der Waals surface area contributed by atoms with E-state index in [1.807, 2.05) is 18.3 Å². The van der Waals surface area contributed by atoms with Gasteiger partial charge in [0.1, 0.15) is 10.8 Å². The smallest absolute Gasteiger partial charge is 0.171 e. The Balaban J connectivity index is 1.76. The highest BCUT2D eigenvalue weighted by atomic mass is 32.2. The fourth-order valence-electron chi connectivity index (χ4n) is 1.82. The minimum absolute atomic E-state index is 0.261. The topological polar surface area (TPSA) is 54.5 Å². The molecule has 1 N–H and O–H groups in total. The molecule has 2 aromatic heterocycles. The van der Waals surface area contributed by atoms with Gasteiger partial charge in [-0.05, 0) is 54.6 Å². The highest BCUT2D eigenvalue weighted by Crippen LogP contribution is 2.24. The van der Waals surface area contributed by atoms with Crippen molar-refractivity contribution in [2.45, 2.75) is 23.5 Å². The molecule has 0 bridgehead atoms. The zero-order valence-electron chi connectivity index (χ0n) is 11.4. The van der Waals surface area contributed by atoms with Crippen LogP contribution in [0.15, 0.2) is 52.8 Å². The maximum Gasteiger partial charge on any atom is 0.171 e. The van der Waals surface area contributed by atoms with E-state index in [1.165, 1.54) is 23.9 Å². The van der Waals surface area contributed by atoms with Crippen LogP contribution in [0, 0.1) is 5.82 Å². The molecule has 0 unspecified atom stereocenters. The average molecular weight is 300 g/mol. The summed E-state index contributed by atoms with van der Waals surface area (Å²) in [5, 5.41) is 9.90. The van der Waals surface area contributed by atoms with Crippen LogP contribution in [0.3, 0.4) is 0 Å². The monoisotopic (exact) mass is 300 g/mol. The number of aromatic nitrogens is 4. The van der Waals surface area contributed by atoms with E-state index < -0.39 is 0 Å². The Kier molecular flexibility index (Phi) is 3.96. The number of H-pyrrole nitrogens is 1. The molecular formula is C15H13FN4S. The van der Waals surface area contributed by atoms with Gasteiger partial charge in [-0.15, -0.1) is 10.2 Å². The molecule has 0 aliphatic heterocycles. The number of hydrogen-bond donors (Lipinski definition) is 1. The molecule has 0 aliphatic carbocycles. The number of rotatable bonds is 4. The summed E-state index contributed by atoms with van der Waals surface area (Å²) < 4.78 is 12.9. The van der Waals surface area contributed by atoms with E-state index in [4.69, 9.17) is 0 Å². The van der Waals surface area contributed by atoms with E-state index in [0.717, 1.165) is 27.9 Å². The second-order valence-corrected chi connectivity index (χ2v) is 5.44. The summed E-state index contributed by atoms with van der Waals surface area (Å²) in [5.74, 6) is -0.261. The fraction of sp³-hybridized carbons (Fsp3) is 0.133. The lowest BCUT2D eigenvalue weighted by atomic mass is 10.1. The molecule has 0 spiro atoms. The maximum absolute atomic E-state index is 12.9. The molecule has 0 atom stereocenters. The molecule has 0 aliphatic rings. The Morgan fingerprint density at radius 3 is 2.52 bits per heavy atom. The summed E-state index contributed by atoms with van der Waals surface area (Å²) >= 11 is 1.43. The van der Waals surface area contributed by atoms with Gasteiger partial charge in [-0.2, -0.15) is 0 Å². The van der Waals surface area contributed by atoms with Crippen molar-refractivity contribution in [1.82, 2.24) is 20.2 Å². The molecular weight excluding hydrogens is 287 g/mol. The zero-order valence-corrected chi connectivity index (χ0v) is 12.2. The molecule has 0 saturated carbocycles. The molecule has 1 aromatic carbocycles. The predicted molar refractivity (Wildman–Crippen MR) is 79.5 cm³/mol. The number of nitrogens with zero attached hydrogens (tertiary/aromatic N) is 3. The van der Waals surface area contributed by atoms with Gasteiger partial charge in [0, 0.05) is 17.5 Å². The summed E-state index contributed by atoms with van der Waals surface area (Å²) in [6.45, 7) is 2.07. The van der Waals surface area contributed by atoms with Gasteiger partial charge < -0.3 is 4.98 Å². The quantitative estimate of drug-likeness (QED) is 0.798. The zero-order chi connectivity index (χ0) is 14.7. The van der Waals surface area contributed by atoms with Crippen LogP contribution in [-0.4, -0.2) is 20.2 Å². The molecule has 6 heteroatoms. The molecule has 0 radical (unpaired) electrons. The van der Waals surface area contributed by atoms with Gasteiger partial charge in [-0.25, -0.2) is 9.37 Å². The van der Waals surface area contributed by atoms with Gasteiger partial charge in [0.25, 0.3) is 0 Å². The van der Waals surface area contributed by atoms with Gasteiger partial charge >= 0.3 is 0 Å². The first-order valence-corrected chi connectivity index (χ1v) is 7.37. The van der Waals surface area contributed by atoms with Crippen molar-refractivity contribution in [3.05, 3.63) is 54.1 Å². The largest absolute Gasteiger partial charge is 0.337 e. The number of nitrogens with one attached hydrogen (secondary N) is 1. The minimum Gasteiger partial charge on any atom is -0.337 e. The number of imidazole rings is 1. The molecule has 0 saturated heterocycles. The van der Waals surface area contributed by atoms with Gasteiger partial charge in [0.15, 0.2) is 5.16 Å². The number of aryl methyl sites for hydroxylation is 1. The third-order valence-electron chi connectivity index (χ3n) is 2.97. The predicted octanol–water partition coefficient (Wildman–Crippen LogP) is 3.72. The first-order valence-electron chi connectivity index (χ1n) is 6.56. The van der Waals surface area contributed by atoms with Crippen molar-refractivity contribution in [2.24, 2.45) is 0 Å². The second kappa shape index (κ2) is 6.05. The Hall–Kier alpha value is -2.21. The lowest BCUT2D eigenvalue weighted by Crippen LogP contribution is -1.90. The maximum atomic E-state index is 12.9. The van der Waals surface area contributed by atoms with E-state index in [1.54, 1.807) is 12.1 Å². The van der Waals surface area contributed by atoms with E-state index in [-0.39, 0.29) is 5.82 Å². The van der Waals surface area contributed by atoms with Crippen molar-refractivity contribution >= 4 is 11.8 Å². The van der Waals surface area contributed by atoms with Crippen LogP contribution >= 0.6 is 11.8 Å². The third-order valence-corrected chi connectivity index (χ3v) is 3.80. The summed E-state index contributed by atoms with van der Waals surface area (Å²) in [5.41, 5.74) is 2.65. The van der Waals surface area contributed by atoms with Crippen molar-refractivity contribution in [2.75, 3.05) is 0 Å². The summed E-state index contributed by atoms with van der Waals surface area (Å²) in [6.07, 6.45) is 2.74. The second-order valence-electron chi connectivity index (χ2n) is 4.43. The Morgan fingerprint density at radius 2 is 1.90 bits per heavy atom. The molecule has 3 rings (SSSR count). The minimum atomic E-state index is -0.261. The summed E-state index contributed by atoms with van der Waals surface area (Å²) in [7, 11) is 0. The van der Waals surface area contributed by atoms with Crippen molar-refractivity contribution in [3.8, 4) is 11.3 Å². The SMILES string of the molecule is CCc1cnc(Sc2ccc(-c3ccc(F)cc3)nn2)[nH]1. The lowest BCUT2D eigenvalue weighted by Gasteiger charge is -2.01.